The summed E-state index contributed by atoms with van der Waals surface area (Å²) < 4.78 is 54.5. The highest BCUT2D eigenvalue weighted by Crippen LogP contribution is 2.30. The van der Waals surface area contributed by atoms with Gasteiger partial charge in [-0.15, -0.1) is 0 Å². The van der Waals surface area contributed by atoms with Crippen LogP contribution in [0, 0.1) is 25.5 Å². The molecule has 1 aromatic carbocycles. The Labute approximate surface area is 145 Å². The van der Waals surface area contributed by atoms with Gasteiger partial charge in [-0.25, -0.2) is 27.2 Å². The minimum absolute atomic E-state index is 0.132. The average molecular weight is 366 g/mol. The molecule has 2 heterocycles. The fourth-order valence-electron chi connectivity index (χ4n) is 2.72. The Morgan fingerprint density at radius 2 is 1.96 bits per heavy atom. The van der Waals surface area contributed by atoms with Gasteiger partial charge in [-0.3, -0.25) is 4.79 Å². The molecule has 0 bridgehead atoms. The second-order valence-corrected chi connectivity index (χ2v) is 5.77. The third-order valence-corrected chi connectivity index (χ3v) is 3.77. The summed E-state index contributed by atoms with van der Waals surface area (Å²) >= 11 is 0. The molecule has 0 fully saturated rings. The van der Waals surface area contributed by atoms with Crippen molar-refractivity contribution in [3.8, 4) is 0 Å². The molecule has 26 heavy (non-hydrogen) atoms. The van der Waals surface area contributed by atoms with E-state index in [0.717, 1.165) is 22.9 Å². The Morgan fingerprint density at radius 3 is 2.65 bits per heavy atom. The molecule has 0 aliphatic heterocycles. The summed E-state index contributed by atoms with van der Waals surface area (Å²) in [7, 11) is 0. The second-order valence-electron chi connectivity index (χ2n) is 5.77. The first-order chi connectivity index (χ1) is 12.3. The van der Waals surface area contributed by atoms with Gasteiger partial charge in [0, 0.05) is 17.3 Å². The first kappa shape index (κ1) is 17.8. The molecule has 0 radical (unpaired) electrons. The molecule has 5 nitrogen and oxygen atoms in total. The smallest absolute Gasteiger partial charge is 0.264 e. The fraction of sp³-hybridized carbons (Fsp3) is 0.235. The number of carbonyl (C=O) groups is 1. The summed E-state index contributed by atoms with van der Waals surface area (Å²) in [6.07, 6.45) is -2.72. The van der Waals surface area contributed by atoms with Crippen molar-refractivity contribution in [1.29, 1.82) is 0 Å². The number of halogens is 4. The van der Waals surface area contributed by atoms with Crippen LogP contribution in [0.4, 0.5) is 23.2 Å². The molecule has 0 aliphatic rings. The number of aryl methyl sites for hydroxylation is 2. The standard InChI is InChI=1S/C17H14F4N4O/c1-8-5-11(16(20)21)15-9(2)24-25(17(15)22-8)7-14(26)23-13-6-10(18)3-4-12(13)19/h3-6,16H,7H2,1-2H3,(H,23,26). The Kier molecular flexibility index (Phi) is 4.62. The summed E-state index contributed by atoms with van der Waals surface area (Å²) in [6, 6.07) is 3.93. The van der Waals surface area contributed by atoms with Crippen molar-refractivity contribution in [2.45, 2.75) is 26.8 Å². The topological polar surface area (TPSA) is 59.8 Å². The summed E-state index contributed by atoms with van der Waals surface area (Å²) in [4.78, 5) is 16.3. The predicted octanol–water partition coefficient (Wildman–Crippen LogP) is 3.90. The first-order valence-electron chi connectivity index (χ1n) is 7.64. The van der Waals surface area contributed by atoms with Crippen molar-refractivity contribution in [2.75, 3.05) is 5.32 Å². The average Bonchev–Trinajstić information content (AvgIpc) is 2.85. The largest absolute Gasteiger partial charge is 0.322 e. The summed E-state index contributed by atoms with van der Waals surface area (Å²) in [5.74, 6) is -2.20. The number of alkyl halides is 2. The fourth-order valence-corrected chi connectivity index (χ4v) is 2.72. The van der Waals surface area contributed by atoms with Gasteiger partial charge in [0.1, 0.15) is 18.2 Å². The van der Waals surface area contributed by atoms with Crippen LogP contribution in [0.15, 0.2) is 24.3 Å². The third kappa shape index (κ3) is 3.37. The van der Waals surface area contributed by atoms with E-state index in [1.807, 2.05) is 0 Å². The number of pyridine rings is 1. The van der Waals surface area contributed by atoms with Gasteiger partial charge in [-0.05, 0) is 32.0 Å². The van der Waals surface area contributed by atoms with E-state index >= 15 is 0 Å². The van der Waals surface area contributed by atoms with Crippen molar-refractivity contribution in [1.82, 2.24) is 14.8 Å². The number of hydrogen-bond donors (Lipinski definition) is 1. The molecule has 1 N–H and O–H groups in total. The zero-order valence-electron chi connectivity index (χ0n) is 13.9. The maximum absolute atomic E-state index is 13.6. The number of anilines is 1. The normalized spacial score (nSPS) is 11.3. The van der Waals surface area contributed by atoms with Crippen LogP contribution in [0.2, 0.25) is 0 Å². The molecule has 2 aromatic heterocycles. The minimum Gasteiger partial charge on any atom is -0.322 e. The summed E-state index contributed by atoms with van der Waals surface area (Å²) in [6.45, 7) is 2.70. The van der Waals surface area contributed by atoms with Crippen molar-refractivity contribution in [3.63, 3.8) is 0 Å². The lowest BCUT2D eigenvalue weighted by atomic mass is 10.1. The maximum Gasteiger partial charge on any atom is 0.264 e. The maximum atomic E-state index is 13.6. The van der Waals surface area contributed by atoms with Crippen LogP contribution in [0.1, 0.15) is 23.4 Å². The Balaban J connectivity index is 1.94. The number of nitrogens with zero attached hydrogens (tertiary/aromatic N) is 3. The van der Waals surface area contributed by atoms with Crippen LogP contribution < -0.4 is 5.32 Å². The van der Waals surface area contributed by atoms with Crippen LogP contribution in [0.3, 0.4) is 0 Å². The van der Waals surface area contributed by atoms with Crippen molar-refractivity contribution >= 4 is 22.6 Å². The number of carbonyl (C=O) groups excluding carboxylic acids is 1. The van der Waals surface area contributed by atoms with E-state index in [0.29, 0.717) is 11.4 Å². The van der Waals surface area contributed by atoms with E-state index in [1.54, 1.807) is 6.92 Å². The van der Waals surface area contributed by atoms with E-state index in [1.165, 1.54) is 13.0 Å². The molecule has 0 saturated carbocycles. The lowest BCUT2D eigenvalue weighted by Crippen LogP contribution is -2.20. The van der Waals surface area contributed by atoms with Crippen LogP contribution >= 0.6 is 0 Å². The highest BCUT2D eigenvalue weighted by Gasteiger charge is 2.21. The van der Waals surface area contributed by atoms with Crippen LogP contribution in [0.5, 0.6) is 0 Å². The predicted molar refractivity (Wildman–Crippen MR) is 86.9 cm³/mol. The first-order valence-corrected chi connectivity index (χ1v) is 7.64. The molecule has 0 saturated heterocycles. The Morgan fingerprint density at radius 1 is 1.23 bits per heavy atom. The number of nitrogens with one attached hydrogen (secondary N) is 1. The second kappa shape index (κ2) is 6.74. The Hall–Kier alpha value is -2.97. The zero-order valence-corrected chi connectivity index (χ0v) is 13.9. The van der Waals surface area contributed by atoms with Crippen LogP contribution in [-0.2, 0) is 11.3 Å². The van der Waals surface area contributed by atoms with Gasteiger partial charge in [0.15, 0.2) is 5.65 Å². The number of aromatic nitrogens is 3. The highest BCUT2D eigenvalue weighted by molar-refractivity contribution is 5.92. The number of hydrogen-bond acceptors (Lipinski definition) is 3. The van der Waals surface area contributed by atoms with E-state index in [9.17, 15) is 22.4 Å². The Bertz CT molecular complexity index is 1000. The van der Waals surface area contributed by atoms with Gasteiger partial charge >= 0.3 is 0 Å². The minimum atomic E-state index is -2.72. The van der Waals surface area contributed by atoms with Crippen molar-refractivity contribution in [3.05, 3.63) is 52.9 Å². The summed E-state index contributed by atoms with van der Waals surface area (Å²) in [5.41, 5.74) is 0.249. The van der Waals surface area contributed by atoms with E-state index in [2.05, 4.69) is 15.4 Å². The van der Waals surface area contributed by atoms with Gasteiger partial charge in [0.2, 0.25) is 5.91 Å². The molecule has 9 heteroatoms. The van der Waals surface area contributed by atoms with E-state index < -0.39 is 24.0 Å². The molecule has 1 amide bonds. The number of fused-ring (bicyclic) bond motifs is 1. The van der Waals surface area contributed by atoms with E-state index in [4.69, 9.17) is 0 Å². The van der Waals surface area contributed by atoms with Gasteiger partial charge < -0.3 is 5.32 Å². The number of benzene rings is 1. The monoisotopic (exact) mass is 366 g/mol. The molecule has 0 spiro atoms. The third-order valence-electron chi connectivity index (χ3n) is 3.77. The molecule has 0 atom stereocenters. The van der Waals surface area contributed by atoms with Crippen LogP contribution in [-0.4, -0.2) is 20.7 Å². The van der Waals surface area contributed by atoms with Gasteiger partial charge in [-0.2, -0.15) is 5.10 Å². The number of amides is 1. The highest BCUT2D eigenvalue weighted by atomic mass is 19.3. The molecule has 0 unspecified atom stereocenters. The van der Waals surface area contributed by atoms with E-state index in [-0.39, 0.29) is 28.8 Å². The summed E-state index contributed by atoms with van der Waals surface area (Å²) in [5, 5.41) is 6.50. The van der Waals surface area contributed by atoms with Gasteiger partial charge in [0.05, 0.1) is 16.8 Å². The molecule has 0 aliphatic carbocycles. The van der Waals surface area contributed by atoms with Crippen molar-refractivity contribution < 1.29 is 22.4 Å². The molecular formula is C17H14F4N4O. The van der Waals surface area contributed by atoms with Gasteiger partial charge in [-0.1, -0.05) is 0 Å². The molecular weight excluding hydrogens is 352 g/mol. The lowest BCUT2D eigenvalue weighted by molar-refractivity contribution is -0.116. The van der Waals surface area contributed by atoms with Crippen molar-refractivity contribution in [2.24, 2.45) is 0 Å². The SMILES string of the molecule is Cc1cc(C(F)F)c2c(C)nn(CC(=O)Nc3cc(F)ccc3F)c2n1. The van der Waals surface area contributed by atoms with Crippen LogP contribution in [0.25, 0.3) is 11.0 Å². The molecule has 3 aromatic rings. The zero-order chi connectivity index (χ0) is 19.0. The molecule has 3 rings (SSSR count). The lowest BCUT2D eigenvalue weighted by Gasteiger charge is -2.08. The van der Waals surface area contributed by atoms with Gasteiger partial charge in [0.25, 0.3) is 6.43 Å². The quantitative estimate of drug-likeness (QED) is 0.713. The molecule has 136 valence electrons. The number of rotatable bonds is 4.